The molecular weight excluding hydrogens is 337 g/mol. The Labute approximate surface area is 161 Å². The van der Waals surface area contributed by atoms with E-state index in [-0.39, 0.29) is 22.4 Å². The number of fused-ring (bicyclic) bond motifs is 1. The van der Waals surface area contributed by atoms with Crippen molar-refractivity contribution >= 4 is 5.91 Å². The average molecular weight is 365 g/mol. The second-order valence-corrected chi connectivity index (χ2v) is 8.87. The van der Waals surface area contributed by atoms with Crippen molar-refractivity contribution in [2.45, 2.75) is 69.9 Å². The highest BCUT2D eigenvalue weighted by Gasteiger charge is 2.47. The number of nitrogens with zero attached hydrogens (tertiary/aromatic N) is 1. The molecule has 0 atom stereocenters. The molecule has 2 aromatic rings. The Kier molecular flexibility index (Phi) is 4.57. The van der Waals surface area contributed by atoms with Crippen molar-refractivity contribution in [2.24, 2.45) is 0 Å². The van der Waals surface area contributed by atoms with Crippen LogP contribution in [0, 0.1) is 5.82 Å². The third-order valence-electron chi connectivity index (χ3n) is 6.55. The lowest BCUT2D eigenvalue weighted by molar-refractivity contribution is 0.0211. The number of carbonyl (C=O) groups excluding carboxylic acids is 1. The minimum atomic E-state index is -0.426. The summed E-state index contributed by atoms with van der Waals surface area (Å²) in [4.78, 5) is 15.6. The van der Waals surface area contributed by atoms with Crippen LogP contribution in [0.5, 0.6) is 0 Å². The van der Waals surface area contributed by atoms with Crippen molar-refractivity contribution in [1.29, 1.82) is 0 Å². The average Bonchev–Trinajstić information content (AvgIpc) is 2.75. The quantitative estimate of drug-likeness (QED) is 0.620. The summed E-state index contributed by atoms with van der Waals surface area (Å²) in [5.74, 6) is -0.590. The van der Waals surface area contributed by atoms with Crippen molar-refractivity contribution in [2.75, 3.05) is 0 Å². The predicted molar refractivity (Wildman–Crippen MR) is 106 cm³/mol. The van der Waals surface area contributed by atoms with Crippen LogP contribution in [0.2, 0.25) is 0 Å². The highest BCUT2D eigenvalue weighted by molar-refractivity contribution is 5.95. The van der Waals surface area contributed by atoms with Gasteiger partial charge in [-0.1, -0.05) is 69.5 Å². The van der Waals surface area contributed by atoms with Crippen molar-refractivity contribution < 1.29 is 9.18 Å². The number of rotatable bonds is 1. The van der Waals surface area contributed by atoms with Gasteiger partial charge in [0.25, 0.3) is 5.91 Å². The molecule has 0 unspecified atom stereocenters. The molecule has 4 rings (SSSR count). The first kappa shape index (κ1) is 18.2. The van der Waals surface area contributed by atoms with Gasteiger partial charge in [-0.05, 0) is 47.9 Å². The van der Waals surface area contributed by atoms with Crippen LogP contribution < -0.4 is 0 Å². The van der Waals surface area contributed by atoms with E-state index in [1.54, 1.807) is 18.2 Å². The third-order valence-corrected chi connectivity index (χ3v) is 6.55. The van der Waals surface area contributed by atoms with Crippen LogP contribution in [-0.4, -0.2) is 16.3 Å². The first-order valence-electron chi connectivity index (χ1n) is 10.1. The molecule has 1 aliphatic carbocycles. The van der Waals surface area contributed by atoms with Gasteiger partial charge in [0.2, 0.25) is 0 Å². The van der Waals surface area contributed by atoms with Gasteiger partial charge in [-0.15, -0.1) is 0 Å². The van der Waals surface area contributed by atoms with Crippen molar-refractivity contribution in [3.63, 3.8) is 0 Å². The Morgan fingerprint density at radius 3 is 2.37 bits per heavy atom. The Morgan fingerprint density at radius 2 is 1.63 bits per heavy atom. The lowest BCUT2D eigenvalue weighted by Crippen LogP contribution is -2.53. The Bertz CT molecular complexity index is 851. The Morgan fingerprint density at radius 1 is 0.963 bits per heavy atom. The molecule has 0 N–H and O–H groups in total. The van der Waals surface area contributed by atoms with Gasteiger partial charge in [0.05, 0.1) is 5.56 Å². The first-order chi connectivity index (χ1) is 12.9. The molecule has 0 bridgehead atoms. The second-order valence-electron chi connectivity index (χ2n) is 8.87. The van der Waals surface area contributed by atoms with Gasteiger partial charge in [-0.3, -0.25) is 4.79 Å². The van der Waals surface area contributed by atoms with E-state index >= 15 is 0 Å². The maximum atomic E-state index is 14.5. The van der Waals surface area contributed by atoms with E-state index in [9.17, 15) is 9.18 Å². The van der Waals surface area contributed by atoms with E-state index in [1.807, 2.05) is 11.0 Å². The predicted octanol–water partition coefficient (Wildman–Crippen LogP) is 5.85. The van der Waals surface area contributed by atoms with Crippen LogP contribution in [0.3, 0.4) is 0 Å². The number of benzene rings is 2. The van der Waals surface area contributed by atoms with Crippen LogP contribution in [0.4, 0.5) is 4.39 Å². The highest BCUT2D eigenvalue weighted by atomic mass is 19.1. The van der Waals surface area contributed by atoms with Crippen molar-refractivity contribution in [3.8, 4) is 0 Å². The summed E-state index contributed by atoms with van der Waals surface area (Å²) in [6.45, 7) is 5.14. The lowest BCUT2D eigenvalue weighted by Gasteiger charge is -2.48. The summed E-state index contributed by atoms with van der Waals surface area (Å²) in [6.07, 6.45) is 6.42. The van der Waals surface area contributed by atoms with Gasteiger partial charge in [-0.2, -0.15) is 0 Å². The number of amides is 1. The fourth-order valence-corrected chi connectivity index (χ4v) is 5.39. The molecule has 0 saturated heterocycles. The topological polar surface area (TPSA) is 20.3 Å². The summed E-state index contributed by atoms with van der Waals surface area (Å²) < 4.78 is 14.5. The van der Waals surface area contributed by atoms with Crippen LogP contribution in [0.15, 0.2) is 48.5 Å². The zero-order valence-electron chi connectivity index (χ0n) is 16.3. The van der Waals surface area contributed by atoms with E-state index in [1.165, 1.54) is 23.6 Å². The zero-order valence-corrected chi connectivity index (χ0v) is 16.3. The molecule has 27 heavy (non-hydrogen) atoms. The molecular formula is C24H28FNO. The molecule has 2 nitrogen and oxygen atoms in total. The van der Waals surface area contributed by atoms with Crippen molar-refractivity contribution in [3.05, 3.63) is 71.0 Å². The van der Waals surface area contributed by atoms with Gasteiger partial charge in [0, 0.05) is 12.1 Å². The van der Waals surface area contributed by atoms with Crippen LogP contribution in [0.1, 0.15) is 73.9 Å². The van der Waals surface area contributed by atoms with Crippen LogP contribution in [-0.2, 0) is 12.0 Å². The van der Waals surface area contributed by atoms with E-state index in [0.29, 0.717) is 6.54 Å². The maximum absolute atomic E-state index is 14.5. The number of halogens is 1. The Balaban J connectivity index is 1.84. The number of hydrogen-bond donors (Lipinski definition) is 0. The maximum Gasteiger partial charge on any atom is 0.257 e. The second kappa shape index (κ2) is 6.78. The van der Waals surface area contributed by atoms with Gasteiger partial charge in [-0.25, -0.2) is 4.39 Å². The smallest absolute Gasteiger partial charge is 0.257 e. The van der Waals surface area contributed by atoms with Gasteiger partial charge >= 0.3 is 0 Å². The fraction of sp³-hybridized carbons (Fsp3) is 0.458. The van der Waals surface area contributed by atoms with Crippen LogP contribution in [0.25, 0.3) is 0 Å². The molecule has 1 heterocycles. The van der Waals surface area contributed by atoms with E-state index in [0.717, 1.165) is 32.1 Å². The largest absolute Gasteiger partial charge is 0.329 e. The monoisotopic (exact) mass is 365 g/mol. The SMILES string of the molecule is CC1(C)CC2(CCCCC2)N(C(=O)c2ccccc2F)Cc2ccccc21. The Hall–Kier alpha value is -2.16. The number of carbonyl (C=O) groups is 1. The van der Waals surface area contributed by atoms with Crippen LogP contribution >= 0.6 is 0 Å². The van der Waals surface area contributed by atoms with E-state index < -0.39 is 5.82 Å². The molecule has 2 aliphatic rings. The molecule has 1 aliphatic heterocycles. The van der Waals surface area contributed by atoms with Crippen molar-refractivity contribution in [1.82, 2.24) is 4.90 Å². The van der Waals surface area contributed by atoms with Gasteiger partial charge < -0.3 is 4.90 Å². The minimum absolute atomic E-state index is 0.0157. The zero-order chi connectivity index (χ0) is 19.1. The third kappa shape index (κ3) is 3.18. The summed E-state index contributed by atoms with van der Waals surface area (Å²) in [6, 6.07) is 14.8. The highest BCUT2D eigenvalue weighted by Crippen LogP contribution is 2.48. The van der Waals surface area contributed by atoms with Gasteiger partial charge in [0.1, 0.15) is 5.82 Å². The summed E-state index contributed by atoms with van der Waals surface area (Å²) in [5.41, 5.74) is 2.49. The first-order valence-corrected chi connectivity index (χ1v) is 10.1. The molecule has 3 heteroatoms. The molecule has 0 aromatic heterocycles. The summed E-state index contributed by atoms with van der Waals surface area (Å²) >= 11 is 0. The molecule has 1 fully saturated rings. The molecule has 1 amide bonds. The lowest BCUT2D eigenvalue weighted by atomic mass is 9.68. The molecule has 0 radical (unpaired) electrons. The number of hydrogen-bond acceptors (Lipinski definition) is 1. The van der Waals surface area contributed by atoms with Gasteiger partial charge in [0.15, 0.2) is 0 Å². The summed E-state index contributed by atoms with van der Waals surface area (Å²) in [7, 11) is 0. The summed E-state index contributed by atoms with van der Waals surface area (Å²) in [5, 5.41) is 0. The fourth-order valence-electron chi connectivity index (χ4n) is 5.39. The molecule has 2 aromatic carbocycles. The normalized spacial score (nSPS) is 20.8. The molecule has 1 saturated carbocycles. The standard InChI is InChI=1S/C24H28FNO/c1-23(2)17-24(14-8-3-9-15-24)26(16-18-10-4-6-12-20(18)23)22(27)19-11-5-7-13-21(19)25/h4-7,10-13H,3,8-9,14-17H2,1-2H3. The molecule has 1 spiro atoms. The molecule has 142 valence electrons. The van der Waals surface area contributed by atoms with E-state index in [4.69, 9.17) is 0 Å². The minimum Gasteiger partial charge on any atom is -0.329 e. The van der Waals surface area contributed by atoms with E-state index in [2.05, 4.69) is 32.0 Å².